The average Bonchev–Trinajstić information content (AvgIpc) is 2.41. The smallest absolute Gasteiger partial charge is 0.335 e. The molecule has 19 heavy (non-hydrogen) atoms. The monoisotopic (exact) mass is 259 g/mol. The molecule has 5 nitrogen and oxygen atoms in total. The molecule has 2 rings (SSSR count). The van der Waals surface area contributed by atoms with Crippen LogP contribution in [0.15, 0.2) is 36.5 Å². The first-order chi connectivity index (χ1) is 9.10. The van der Waals surface area contributed by atoms with E-state index in [-0.39, 0.29) is 5.56 Å². The van der Waals surface area contributed by atoms with Crippen LogP contribution in [0, 0.1) is 6.92 Å². The van der Waals surface area contributed by atoms with Crippen LogP contribution < -0.4 is 9.47 Å². The number of benzene rings is 1. The standard InChI is InChI=1S/C14H13NO4/c1-9-7-10(14(16)17)3-4-12(9)19-11-5-6-15-13(8-11)18-2/h3-8H,1-2H3,(H,16,17). The van der Waals surface area contributed by atoms with E-state index in [9.17, 15) is 4.79 Å². The summed E-state index contributed by atoms with van der Waals surface area (Å²) >= 11 is 0. The molecule has 0 amide bonds. The highest BCUT2D eigenvalue weighted by Crippen LogP contribution is 2.27. The maximum absolute atomic E-state index is 10.8. The number of rotatable bonds is 4. The Morgan fingerprint density at radius 3 is 2.68 bits per heavy atom. The summed E-state index contributed by atoms with van der Waals surface area (Å²) in [5, 5.41) is 8.89. The van der Waals surface area contributed by atoms with Crippen molar-refractivity contribution in [3.05, 3.63) is 47.7 Å². The number of carboxylic acids is 1. The van der Waals surface area contributed by atoms with Gasteiger partial charge in [0.25, 0.3) is 0 Å². The normalized spacial score (nSPS) is 10.0. The highest BCUT2D eigenvalue weighted by Gasteiger charge is 2.07. The molecule has 2 aromatic rings. The second kappa shape index (κ2) is 5.39. The third-order valence-corrected chi connectivity index (χ3v) is 2.57. The Hall–Kier alpha value is -2.56. The maximum Gasteiger partial charge on any atom is 0.335 e. The van der Waals surface area contributed by atoms with Crippen LogP contribution in [0.3, 0.4) is 0 Å². The van der Waals surface area contributed by atoms with Gasteiger partial charge in [-0.1, -0.05) is 0 Å². The SMILES string of the molecule is COc1cc(Oc2ccc(C(=O)O)cc2C)ccn1. The number of aryl methyl sites for hydroxylation is 1. The Balaban J connectivity index is 2.25. The lowest BCUT2D eigenvalue weighted by molar-refractivity contribution is 0.0697. The molecule has 0 aliphatic rings. The van der Waals surface area contributed by atoms with Gasteiger partial charge in [0.05, 0.1) is 12.7 Å². The highest BCUT2D eigenvalue weighted by atomic mass is 16.5. The predicted octanol–water partition coefficient (Wildman–Crippen LogP) is 2.89. The van der Waals surface area contributed by atoms with Crippen molar-refractivity contribution < 1.29 is 19.4 Å². The molecule has 0 fully saturated rings. The minimum absolute atomic E-state index is 0.233. The molecule has 0 aliphatic carbocycles. The molecule has 0 aliphatic heterocycles. The lowest BCUT2D eigenvalue weighted by Crippen LogP contribution is -1.97. The largest absolute Gasteiger partial charge is 0.481 e. The molecule has 1 heterocycles. The fourth-order valence-corrected chi connectivity index (χ4v) is 1.59. The summed E-state index contributed by atoms with van der Waals surface area (Å²) in [6.45, 7) is 1.79. The number of carbonyl (C=O) groups is 1. The van der Waals surface area contributed by atoms with E-state index in [2.05, 4.69) is 4.98 Å². The van der Waals surface area contributed by atoms with E-state index in [1.807, 2.05) is 0 Å². The zero-order chi connectivity index (χ0) is 13.8. The van der Waals surface area contributed by atoms with Crippen LogP contribution in [0.4, 0.5) is 0 Å². The van der Waals surface area contributed by atoms with Crippen LogP contribution in [0.25, 0.3) is 0 Å². The molecule has 0 atom stereocenters. The second-order valence-electron chi connectivity index (χ2n) is 3.92. The molecule has 0 saturated carbocycles. The third-order valence-electron chi connectivity index (χ3n) is 2.57. The van der Waals surface area contributed by atoms with Crippen molar-refractivity contribution in [3.63, 3.8) is 0 Å². The Bertz CT molecular complexity index is 610. The lowest BCUT2D eigenvalue weighted by Gasteiger charge is -2.09. The Morgan fingerprint density at radius 2 is 2.05 bits per heavy atom. The number of aromatic nitrogens is 1. The van der Waals surface area contributed by atoms with Crippen molar-refractivity contribution in [2.45, 2.75) is 6.92 Å². The van der Waals surface area contributed by atoms with Gasteiger partial charge < -0.3 is 14.6 Å². The molecular weight excluding hydrogens is 246 g/mol. The summed E-state index contributed by atoms with van der Waals surface area (Å²) in [7, 11) is 1.53. The Morgan fingerprint density at radius 1 is 1.26 bits per heavy atom. The van der Waals surface area contributed by atoms with Gasteiger partial charge in [-0.15, -0.1) is 0 Å². The zero-order valence-electron chi connectivity index (χ0n) is 10.6. The van der Waals surface area contributed by atoms with E-state index < -0.39 is 5.97 Å². The van der Waals surface area contributed by atoms with E-state index in [1.54, 1.807) is 37.4 Å². The van der Waals surface area contributed by atoms with Crippen molar-refractivity contribution >= 4 is 5.97 Å². The van der Waals surface area contributed by atoms with Crippen LogP contribution in [0.5, 0.6) is 17.4 Å². The number of methoxy groups -OCH3 is 1. The Labute approximate surface area is 110 Å². The molecule has 1 aromatic heterocycles. The van der Waals surface area contributed by atoms with Gasteiger partial charge in [-0.2, -0.15) is 0 Å². The van der Waals surface area contributed by atoms with Crippen LogP contribution in [0.2, 0.25) is 0 Å². The van der Waals surface area contributed by atoms with Gasteiger partial charge in [-0.25, -0.2) is 9.78 Å². The van der Waals surface area contributed by atoms with Gasteiger partial charge in [-0.05, 0) is 36.8 Å². The van der Waals surface area contributed by atoms with Crippen molar-refractivity contribution in [1.82, 2.24) is 4.98 Å². The summed E-state index contributed by atoms with van der Waals surface area (Å²) in [5.74, 6) is 0.675. The molecule has 0 saturated heterocycles. The second-order valence-corrected chi connectivity index (χ2v) is 3.92. The zero-order valence-corrected chi connectivity index (χ0v) is 10.6. The first-order valence-corrected chi connectivity index (χ1v) is 5.62. The molecule has 5 heteroatoms. The van der Waals surface area contributed by atoms with Crippen molar-refractivity contribution in [1.29, 1.82) is 0 Å². The average molecular weight is 259 g/mol. The summed E-state index contributed by atoms with van der Waals surface area (Å²) in [5.41, 5.74) is 0.979. The summed E-state index contributed by atoms with van der Waals surface area (Å²) in [4.78, 5) is 14.8. The van der Waals surface area contributed by atoms with Gasteiger partial charge >= 0.3 is 5.97 Å². The van der Waals surface area contributed by atoms with Crippen LogP contribution in [-0.2, 0) is 0 Å². The maximum atomic E-state index is 10.8. The fraction of sp³-hybridized carbons (Fsp3) is 0.143. The number of hydrogen-bond acceptors (Lipinski definition) is 4. The number of aromatic carboxylic acids is 1. The third kappa shape index (κ3) is 3.01. The van der Waals surface area contributed by atoms with E-state index in [0.29, 0.717) is 17.4 Å². The van der Waals surface area contributed by atoms with Crippen molar-refractivity contribution in [3.8, 4) is 17.4 Å². The van der Waals surface area contributed by atoms with E-state index in [0.717, 1.165) is 5.56 Å². The molecular formula is C14H13NO4. The summed E-state index contributed by atoms with van der Waals surface area (Å²) in [6.07, 6.45) is 1.58. The van der Waals surface area contributed by atoms with Crippen LogP contribution >= 0.6 is 0 Å². The fourth-order valence-electron chi connectivity index (χ4n) is 1.59. The molecule has 1 aromatic carbocycles. The minimum atomic E-state index is -0.958. The summed E-state index contributed by atoms with van der Waals surface area (Å²) < 4.78 is 10.7. The first-order valence-electron chi connectivity index (χ1n) is 5.62. The van der Waals surface area contributed by atoms with Crippen LogP contribution in [-0.4, -0.2) is 23.2 Å². The minimum Gasteiger partial charge on any atom is -0.481 e. The predicted molar refractivity (Wildman–Crippen MR) is 69.0 cm³/mol. The number of ether oxygens (including phenoxy) is 2. The lowest BCUT2D eigenvalue weighted by atomic mass is 10.1. The van der Waals surface area contributed by atoms with Crippen molar-refractivity contribution in [2.24, 2.45) is 0 Å². The first kappa shape index (κ1) is 12.9. The van der Waals surface area contributed by atoms with E-state index >= 15 is 0 Å². The molecule has 0 unspecified atom stereocenters. The van der Waals surface area contributed by atoms with E-state index in [1.165, 1.54) is 13.2 Å². The van der Waals surface area contributed by atoms with Crippen LogP contribution in [0.1, 0.15) is 15.9 Å². The number of hydrogen-bond donors (Lipinski definition) is 1. The van der Waals surface area contributed by atoms with E-state index in [4.69, 9.17) is 14.6 Å². The number of pyridine rings is 1. The van der Waals surface area contributed by atoms with Gasteiger partial charge in [0.2, 0.25) is 5.88 Å². The molecule has 0 radical (unpaired) electrons. The number of nitrogens with zero attached hydrogens (tertiary/aromatic N) is 1. The summed E-state index contributed by atoms with van der Waals surface area (Å²) in [6, 6.07) is 8.06. The Kier molecular flexibility index (Phi) is 3.66. The number of carboxylic acid groups (broad SMARTS) is 1. The molecule has 0 spiro atoms. The van der Waals surface area contributed by atoms with Gasteiger partial charge in [-0.3, -0.25) is 0 Å². The quantitative estimate of drug-likeness (QED) is 0.914. The van der Waals surface area contributed by atoms with Gasteiger partial charge in [0.1, 0.15) is 11.5 Å². The highest BCUT2D eigenvalue weighted by molar-refractivity contribution is 5.88. The molecule has 98 valence electrons. The van der Waals surface area contributed by atoms with Gasteiger partial charge in [0, 0.05) is 12.3 Å². The van der Waals surface area contributed by atoms with Gasteiger partial charge in [0.15, 0.2) is 0 Å². The molecule has 1 N–H and O–H groups in total. The molecule has 0 bridgehead atoms. The topological polar surface area (TPSA) is 68.7 Å². The van der Waals surface area contributed by atoms with Crippen molar-refractivity contribution in [2.75, 3.05) is 7.11 Å².